The number of anilines is 1. The molecule has 0 aliphatic carbocycles. The van der Waals surface area contributed by atoms with E-state index in [0.29, 0.717) is 17.3 Å². The molecule has 2 heterocycles. The van der Waals surface area contributed by atoms with Gasteiger partial charge in [-0.3, -0.25) is 9.36 Å². The number of hydrogen-bond acceptors (Lipinski definition) is 6. The van der Waals surface area contributed by atoms with E-state index >= 15 is 0 Å². The lowest BCUT2D eigenvalue weighted by molar-refractivity contribution is -0.116. The van der Waals surface area contributed by atoms with Crippen molar-refractivity contribution in [2.24, 2.45) is 0 Å². The fourth-order valence-corrected chi connectivity index (χ4v) is 6.31. The first kappa shape index (κ1) is 21.6. The lowest BCUT2D eigenvalue weighted by atomic mass is 10.2. The summed E-state index contributed by atoms with van der Waals surface area (Å²) in [5, 5.41) is 9.06. The number of nitrogens with zero attached hydrogens (tertiary/aromatic N) is 4. The van der Waals surface area contributed by atoms with Crippen molar-refractivity contribution in [3.05, 3.63) is 66.0 Å². The molecule has 1 saturated heterocycles. The molecule has 7 nitrogen and oxygen atoms in total. The average Bonchev–Trinajstić information content (AvgIpc) is 3.29. The van der Waals surface area contributed by atoms with Crippen LogP contribution in [0.1, 0.15) is 17.8 Å². The van der Waals surface area contributed by atoms with Gasteiger partial charge in [0.2, 0.25) is 5.91 Å². The molecule has 1 aromatic heterocycles. The first-order chi connectivity index (χ1) is 14.8. The molecule has 0 radical (unpaired) electrons. The summed E-state index contributed by atoms with van der Waals surface area (Å²) >= 11 is 1.31. The van der Waals surface area contributed by atoms with Crippen LogP contribution >= 0.6 is 11.8 Å². The van der Waals surface area contributed by atoms with Crippen LogP contribution < -0.4 is 4.90 Å². The molecule has 1 fully saturated rings. The minimum Gasteiger partial charge on any atom is -0.308 e. The Morgan fingerprint density at radius 3 is 2.45 bits per heavy atom. The molecule has 0 spiro atoms. The van der Waals surface area contributed by atoms with Crippen LogP contribution in [0.5, 0.6) is 0 Å². The Morgan fingerprint density at radius 1 is 1.10 bits per heavy atom. The van der Waals surface area contributed by atoms with Crippen LogP contribution in [0, 0.1) is 13.8 Å². The Morgan fingerprint density at radius 2 is 1.81 bits per heavy atom. The predicted molar refractivity (Wildman–Crippen MR) is 123 cm³/mol. The third-order valence-electron chi connectivity index (χ3n) is 5.29. The highest BCUT2D eigenvalue weighted by molar-refractivity contribution is 7.99. The SMILES string of the molecule is Cc1ccc(-n2c(C)nnc2SCC(=O)N(c2ccccc2)[C@@H]2CCS(=O)(=O)C2)cc1. The number of amides is 1. The first-order valence-corrected chi connectivity index (χ1v) is 12.8. The zero-order chi connectivity index (χ0) is 22.0. The molecule has 1 amide bonds. The first-order valence-electron chi connectivity index (χ1n) is 10.0. The molecule has 0 N–H and O–H groups in total. The van der Waals surface area contributed by atoms with E-state index < -0.39 is 9.84 Å². The van der Waals surface area contributed by atoms with Crippen molar-refractivity contribution in [3.63, 3.8) is 0 Å². The maximum atomic E-state index is 13.3. The topological polar surface area (TPSA) is 85.2 Å². The van der Waals surface area contributed by atoms with Gasteiger partial charge in [-0.1, -0.05) is 47.7 Å². The molecule has 31 heavy (non-hydrogen) atoms. The van der Waals surface area contributed by atoms with E-state index in [1.807, 2.05) is 73.0 Å². The number of carbonyl (C=O) groups is 1. The molecule has 2 aromatic carbocycles. The molecule has 1 aliphatic rings. The van der Waals surface area contributed by atoms with Crippen molar-refractivity contribution < 1.29 is 13.2 Å². The molecule has 1 atom stereocenters. The summed E-state index contributed by atoms with van der Waals surface area (Å²) in [6.45, 7) is 3.90. The number of carbonyl (C=O) groups excluding carboxylic acids is 1. The Labute approximate surface area is 186 Å². The van der Waals surface area contributed by atoms with Crippen molar-refractivity contribution >= 4 is 33.2 Å². The Hall–Kier alpha value is -2.65. The normalized spacial score (nSPS) is 17.5. The molecule has 0 saturated carbocycles. The van der Waals surface area contributed by atoms with Crippen LogP contribution in [0.15, 0.2) is 59.8 Å². The molecule has 162 valence electrons. The lowest BCUT2D eigenvalue weighted by Gasteiger charge is -2.28. The zero-order valence-electron chi connectivity index (χ0n) is 17.4. The summed E-state index contributed by atoms with van der Waals surface area (Å²) in [7, 11) is -3.12. The number of aromatic nitrogens is 3. The summed E-state index contributed by atoms with van der Waals surface area (Å²) < 4.78 is 26.0. The lowest BCUT2D eigenvalue weighted by Crippen LogP contribution is -2.42. The van der Waals surface area contributed by atoms with Crippen LogP contribution in [-0.2, 0) is 14.6 Å². The Bertz CT molecular complexity index is 1180. The summed E-state index contributed by atoms with van der Waals surface area (Å²) in [6.07, 6.45) is 0.451. The number of aryl methyl sites for hydroxylation is 2. The van der Waals surface area contributed by atoms with E-state index in [0.717, 1.165) is 17.1 Å². The average molecular weight is 457 g/mol. The van der Waals surface area contributed by atoms with Gasteiger partial charge in [-0.2, -0.15) is 0 Å². The number of benzene rings is 2. The van der Waals surface area contributed by atoms with Crippen LogP contribution in [-0.4, -0.2) is 52.4 Å². The quantitative estimate of drug-likeness (QED) is 0.530. The number of sulfone groups is 1. The number of rotatable bonds is 6. The van der Waals surface area contributed by atoms with E-state index in [1.54, 1.807) is 4.90 Å². The largest absolute Gasteiger partial charge is 0.308 e. The minimum atomic E-state index is -3.12. The fraction of sp³-hybridized carbons (Fsp3) is 0.318. The monoisotopic (exact) mass is 456 g/mol. The van der Waals surface area contributed by atoms with Gasteiger partial charge in [-0.15, -0.1) is 10.2 Å². The molecule has 4 rings (SSSR count). The van der Waals surface area contributed by atoms with E-state index in [1.165, 1.54) is 11.8 Å². The second-order valence-electron chi connectivity index (χ2n) is 7.65. The van der Waals surface area contributed by atoms with Crippen molar-refractivity contribution in [3.8, 4) is 5.69 Å². The summed E-state index contributed by atoms with van der Waals surface area (Å²) in [4.78, 5) is 14.9. The van der Waals surface area contributed by atoms with Crippen LogP contribution in [0.25, 0.3) is 5.69 Å². The van der Waals surface area contributed by atoms with E-state index in [9.17, 15) is 13.2 Å². The molecule has 9 heteroatoms. The molecular weight excluding hydrogens is 432 g/mol. The fourth-order valence-electron chi connectivity index (χ4n) is 3.75. The molecular formula is C22H24N4O3S2. The van der Waals surface area contributed by atoms with Gasteiger partial charge in [0.05, 0.1) is 23.3 Å². The Balaban J connectivity index is 1.56. The Kier molecular flexibility index (Phi) is 6.15. The van der Waals surface area contributed by atoms with Gasteiger partial charge in [0.25, 0.3) is 0 Å². The highest BCUT2D eigenvalue weighted by atomic mass is 32.2. The summed E-state index contributed by atoms with van der Waals surface area (Å²) in [5.74, 6) is 0.837. The van der Waals surface area contributed by atoms with E-state index in [4.69, 9.17) is 0 Å². The number of thioether (sulfide) groups is 1. The van der Waals surface area contributed by atoms with Gasteiger partial charge in [-0.05, 0) is 44.5 Å². The number of para-hydroxylation sites is 1. The second kappa shape index (κ2) is 8.84. The maximum Gasteiger partial charge on any atom is 0.237 e. The molecule has 0 unspecified atom stereocenters. The van der Waals surface area contributed by atoms with Crippen molar-refractivity contribution in [1.29, 1.82) is 0 Å². The van der Waals surface area contributed by atoms with Gasteiger partial charge in [0, 0.05) is 11.4 Å². The van der Waals surface area contributed by atoms with Gasteiger partial charge < -0.3 is 4.90 Å². The van der Waals surface area contributed by atoms with Crippen LogP contribution in [0.3, 0.4) is 0 Å². The summed E-state index contributed by atoms with van der Waals surface area (Å²) in [5.41, 5.74) is 2.81. The van der Waals surface area contributed by atoms with Gasteiger partial charge in [0.15, 0.2) is 15.0 Å². The smallest absolute Gasteiger partial charge is 0.237 e. The third kappa shape index (κ3) is 4.83. The van der Waals surface area contributed by atoms with E-state index in [-0.39, 0.29) is 29.2 Å². The van der Waals surface area contributed by atoms with Gasteiger partial charge in [0.1, 0.15) is 5.82 Å². The zero-order valence-corrected chi connectivity index (χ0v) is 19.1. The minimum absolute atomic E-state index is 0.00302. The second-order valence-corrected chi connectivity index (χ2v) is 10.8. The predicted octanol–water partition coefficient (Wildman–Crippen LogP) is 3.20. The molecule has 3 aromatic rings. The summed E-state index contributed by atoms with van der Waals surface area (Å²) in [6, 6.07) is 16.9. The van der Waals surface area contributed by atoms with Crippen molar-refractivity contribution in [2.45, 2.75) is 31.5 Å². The maximum absolute atomic E-state index is 13.3. The van der Waals surface area contributed by atoms with Crippen molar-refractivity contribution in [2.75, 3.05) is 22.2 Å². The number of hydrogen-bond donors (Lipinski definition) is 0. The van der Waals surface area contributed by atoms with Gasteiger partial charge in [-0.25, -0.2) is 8.42 Å². The van der Waals surface area contributed by atoms with E-state index in [2.05, 4.69) is 10.2 Å². The molecule has 1 aliphatic heterocycles. The highest BCUT2D eigenvalue weighted by Gasteiger charge is 2.35. The standard InChI is InChI=1S/C22H24N4O3S2/c1-16-8-10-19(11-9-16)25-17(2)23-24-22(25)30-14-21(27)26(18-6-4-3-5-7-18)20-12-13-31(28,29)15-20/h3-11,20H,12-15H2,1-2H3/t20-/m1/s1. The van der Waals surface area contributed by atoms with Crippen LogP contribution in [0.2, 0.25) is 0 Å². The van der Waals surface area contributed by atoms with Crippen molar-refractivity contribution in [1.82, 2.24) is 14.8 Å². The highest BCUT2D eigenvalue weighted by Crippen LogP contribution is 2.27. The van der Waals surface area contributed by atoms with Gasteiger partial charge >= 0.3 is 0 Å². The third-order valence-corrected chi connectivity index (χ3v) is 7.95. The molecule has 0 bridgehead atoms. The van der Waals surface area contributed by atoms with Crippen LogP contribution in [0.4, 0.5) is 5.69 Å².